The summed E-state index contributed by atoms with van der Waals surface area (Å²) in [4.78, 5) is 15.1. The lowest BCUT2D eigenvalue weighted by Gasteiger charge is -2.18. The Balaban J connectivity index is 1.82. The maximum atomic E-state index is 12.9. The molecular formula is C23H25NO5. The molecule has 0 saturated carbocycles. The van der Waals surface area contributed by atoms with Crippen molar-refractivity contribution in [3.05, 3.63) is 51.9 Å². The van der Waals surface area contributed by atoms with E-state index < -0.39 is 5.63 Å². The Morgan fingerprint density at radius 1 is 1.14 bits per heavy atom. The van der Waals surface area contributed by atoms with Crippen LogP contribution in [0.4, 0.5) is 0 Å². The zero-order valence-electron chi connectivity index (χ0n) is 16.9. The monoisotopic (exact) mass is 395 g/mol. The van der Waals surface area contributed by atoms with Crippen molar-refractivity contribution in [1.29, 1.82) is 0 Å². The van der Waals surface area contributed by atoms with Crippen LogP contribution in [-0.2, 0) is 6.54 Å². The molecule has 1 N–H and O–H groups in total. The number of phenolic OH excluding ortho intramolecular Hbond substituents is 1. The Kier molecular flexibility index (Phi) is 5.20. The first-order valence-electron chi connectivity index (χ1n) is 9.86. The largest absolute Gasteiger partial charge is 0.507 e. The van der Waals surface area contributed by atoms with Gasteiger partial charge in [0.1, 0.15) is 11.3 Å². The fourth-order valence-corrected chi connectivity index (χ4v) is 3.78. The number of phenols is 1. The minimum Gasteiger partial charge on any atom is -0.507 e. The van der Waals surface area contributed by atoms with E-state index in [1.165, 1.54) is 0 Å². The van der Waals surface area contributed by atoms with Crippen molar-refractivity contribution in [2.45, 2.75) is 33.2 Å². The molecule has 0 amide bonds. The van der Waals surface area contributed by atoms with Gasteiger partial charge in [-0.2, -0.15) is 0 Å². The number of aromatic hydroxyl groups is 1. The lowest BCUT2D eigenvalue weighted by molar-refractivity contribution is 0.174. The number of ether oxygens (including phenoxy) is 2. The summed E-state index contributed by atoms with van der Waals surface area (Å²) in [5.41, 5.74) is 2.67. The number of aryl methyl sites for hydroxylation is 1. The van der Waals surface area contributed by atoms with E-state index in [1.807, 2.05) is 20.0 Å². The Hall–Kier alpha value is -2.99. The molecule has 2 aromatic carbocycles. The average Bonchev–Trinajstić information content (AvgIpc) is 3.16. The fraction of sp³-hybridized carbons (Fsp3) is 0.348. The van der Waals surface area contributed by atoms with Crippen LogP contribution < -0.4 is 15.1 Å². The van der Waals surface area contributed by atoms with Crippen molar-refractivity contribution < 1.29 is 19.0 Å². The minimum absolute atomic E-state index is 0.138. The van der Waals surface area contributed by atoms with Gasteiger partial charge < -0.3 is 23.9 Å². The van der Waals surface area contributed by atoms with Gasteiger partial charge in [0.15, 0.2) is 11.5 Å². The van der Waals surface area contributed by atoms with Crippen molar-refractivity contribution in [3.63, 3.8) is 0 Å². The highest BCUT2D eigenvalue weighted by atomic mass is 16.7. The molecule has 2 heterocycles. The van der Waals surface area contributed by atoms with E-state index in [2.05, 4.69) is 11.8 Å². The summed E-state index contributed by atoms with van der Waals surface area (Å²) >= 11 is 0. The third-order valence-corrected chi connectivity index (χ3v) is 5.40. The van der Waals surface area contributed by atoms with Gasteiger partial charge in [0.05, 0.1) is 11.1 Å². The summed E-state index contributed by atoms with van der Waals surface area (Å²) in [6.07, 6.45) is 2.16. The molecule has 0 radical (unpaired) electrons. The van der Waals surface area contributed by atoms with Gasteiger partial charge in [-0.25, -0.2) is 4.79 Å². The van der Waals surface area contributed by atoms with E-state index in [0.717, 1.165) is 35.9 Å². The number of rotatable bonds is 6. The lowest BCUT2D eigenvalue weighted by Crippen LogP contribution is -2.19. The van der Waals surface area contributed by atoms with Gasteiger partial charge in [0, 0.05) is 11.9 Å². The molecule has 1 aliphatic heterocycles. The molecule has 1 aromatic heterocycles. The van der Waals surface area contributed by atoms with Crippen LogP contribution in [0.15, 0.2) is 39.5 Å². The highest BCUT2D eigenvalue weighted by Crippen LogP contribution is 2.38. The van der Waals surface area contributed by atoms with Crippen LogP contribution in [0.25, 0.3) is 22.1 Å². The van der Waals surface area contributed by atoms with Gasteiger partial charge in [-0.05, 0) is 62.3 Å². The van der Waals surface area contributed by atoms with Crippen LogP contribution in [0.3, 0.4) is 0 Å². The molecule has 1 aliphatic rings. The van der Waals surface area contributed by atoms with E-state index in [1.54, 1.807) is 24.3 Å². The lowest BCUT2D eigenvalue weighted by atomic mass is 9.97. The molecule has 3 aromatic rings. The summed E-state index contributed by atoms with van der Waals surface area (Å²) in [6.45, 7) is 5.64. The summed E-state index contributed by atoms with van der Waals surface area (Å²) in [6, 6.07) is 8.90. The quantitative estimate of drug-likeness (QED) is 0.623. The highest BCUT2D eigenvalue weighted by Gasteiger charge is 2.21. The predicted octanol–water partition coefficient (Wildman–Crippen LogP) is 4.43. The van der Waals surface area contributed by atoms with E-state index in [9.17, 15) is 9.90 Å². The minimum atomic E-state index is -0.433. The fourth-order valence-electron chi connectivity index (χ4n) is 3.78. The van der Waals surface area contributed by atoms with Crippen LogP contribution in [0.2, 0.25) is 0 Å². The number of fused-ring (bicyclic) bond motifs is 2. The van der Waals surface area contributed by atoms with Crippen molar-refractivity contribution in [3.8, 4) is 28.4 Å². The molecule has 0 unspecified atom stereocenters. The summed E-state index contributed by atoms with van der Waals surface area (Å²) in [7, 11) is 2.00. The summed E-state index contributed by atoms with van der Waals surface area (Å²) < 4.78 is 16.6. The van der Waals surface area contributed by atoms with Crippen molar-refractivity contribution in [1.82, 2.24) is 4.90 Å². The van der Waals surface area contributed by atoms with Crippen LogP contribution >= 0.6 is 0 Å². The number of hydrogen-bond acceptors (Lipinski definition) is 6. The third-order valence-electron chi connectivity index (χ3n) is 5.40. The first-order chi connectivity index (χ1) is 14.0. The van der Waals surface area contributed by atoms with Gasteiger partial charge in [-0.3, -0.25) is 0 Å². The molecule has 152 valence electrons. The van der Waals surface area contributed by atoms with Gasteiger partial charge in [-0.1, -0.05) is 19.4 Å². The predicted molar refractivity (Wildman–Crippen MR) is 112 cm³/mol. The van der Waals surface area contributed by atoms with Gasteiger partial charge >= 0.3 is 5.63 Å². The van der Waals surface area contributed by atoms with Crippen LogP contribution in [0.5, 0.6) is 17.2 Å². The van der Waals surface area contributed by atoms with E-state index >= 15 is 0 Å². The van der Waals surface area contributed by atoms with Crippen molar-refractivity contribution in [2.24, 2.45) is 0 Å². The molecule has 0 spiro atoms. The van der Waals surface area contributed by atoms with E-state index in [0.29, 0.717) is 34.8 Å². The van der Waals surface area contributed by atoms with Gasteiger partial charge in [0.25, 0.3) is 0 Å². The topological polar surface area (TPSA) is 72.1 Å². The Morgan fingerprint density at radius 2 is 1.93 bits per heavy atom. The Morgan fingerprint density at radius 3 is 2.72 bits per heavy atom. The first kappa shape index (κ1) is 19.3. The van der Waals surface area contributed by atoms with Crippen LogP contribution in [-0.4, -0.2) is 30.4 Å². The van der Waals surface area contributed by atoms with Gasteiger partial charge in [0.2, 0.25) is 6.79 Å². The number of hydrogen-bond donors (Lipinski definition) is 1. The third kappa shape index (κ3) is 3.56. The van der Waals surface area contributed by atoms with Crippen LogP contribution in [0, 0.1) is 6.92 Å². The molecule has 6 heteroatoms. The maximum absolute atomic E-state index is 12.9. The molecule has 4 rings (SSSR count). The van der Waals surface area contributed by atoms with Crippen molar-refractivity contribution >= 4 is 11.0 Å². The molecule has 6 nitrogen and oxygen atoms in total. The normalized spacial score (nSPS) is 12.8. The smallest absolute Gasteiger partial charge is 0.344 e. The maximum Gasteiger partial charge on any atom is 0.344 e. The number of benzene rings is 2. The van der Waals surface area contributed by atoms with E-state index in [-0.39, 0.29) is 12.5 Å². The second kappa shape index (κ2) is 7.79. The average molecular weight is 395 g/mol. The summed E-state index contributed by atoms with van der Waals surface area (Å²) in [5, 5.41) is 11.3. The zero-order valence-corrected chi connectivity index (χ0v) is 16.9. The van der Waals surface area contributed by atoms with Crippen molar-refractivity contribution in [2.75, 3.05) is 20.4 Å². The summed E-state index contributed by atoms with van der Waals surface area (Å²) in [5.74, 6) is 1.42. The molecular weight excluding hydrogens is 370 g/mol. The molecule has 0 aliphatic carbocycles. The number of unbranched alkanes of at least 4 members (excludes halogenated alkanes) is 1. The van der Waals surface area contributed by atoms with Gasteiger partial charge in [-0.15, -0.1) is 0 Å². The second-order valence-electron chi connectivity index (χ2n) is 7.49. The molecule has 0 fully saturated rings. The molecule has 29 heavy (non-hydrogen) atoms. The zero-order chi connectivity index (χ0) is 20.5. The second-order valence-corrected chi connectivity index (χ2v) is 7.49. The van der Waals surface area contributed by atoms with E-state index in [4.69, 9.17) is 13.9 Å². The SMILES string of the molecule is CCCCN(C)Cc1c(O)ccc2c(C)c(-c3ccc4c(c3)OCO4)c(=O)oc12. The highest BCUT2D eigenvalue weighted by molar-refractivity contribution is 5.90. The Labute approximate surface area is 169 Å². The van der Waals surface area contributed by atoms with Crippen LogP contribution in [0.1, 0.15) is 30.9 Å². The Bertz CT molecular complexity index is 1120. The standard InChI is InChI=1S/C23H25NO5/c1-4-5-10-24(3)12-17-18(25)8-7-16-14(2)21(23(26)29-22(16)17)15-6-9-19-20(11-15)28-13-27-19/h6-9,11,25H,4-5,10,12-13H2,1-3H3. The molecule has 0 atom stereocenters. The number of nitrogens with zero attached hydrogens (tertiary/aromatic N) is 1. The first-order valence-corrected chi connectivity index (χ1v) is 9.86. The molecule has 0 bridgehead atoms. The molecule has 0 saturated heterocycles.